The van der Waals surface area contributed by atoms with Crippen molar-refractivity contribution in [2.75, 3.05) is 31.1 Å². The Kier molecular flexibility index (Phi) is 4.15. The van der Waals surface area contributed by atoms with Gasteiger partial charge in [0.2, 0.25) is 0 Å². The van der Waals surface area contributed by atoms with Gasteiger partial charge in [-0.3, -0.25) is 0 Å². The average Bonchev–Trinajstić information content (AvgIpc) is 2.30. The Morgan fingerprint density at radius 3 is 2.83 bits per heavy atom. The number of rotatable bonds is 3. The van der Waals surface area contributed by atoms with Crippen molar-refractivity contribution in [1.29, 1.82) is 0 Å². The quantitative estimate of drug-likeness (QED) is 0.915. The van der Waals surface area contributed by atoms with E-state index in [1.54, 1.807) is 0 Å². The van der Waals surface area contributed by atoms with Crippen molar-refractivity contribution in [3.63, 3.8) is 0 Å². The molecule has 4 heteroatoms. The van der Waals surface area contributed by atoms with Crippen LogP contribution in [0.5, 0.6) is 0 Å². The first-order valence-corrected chi connectivity index (χ1v) is 6.77. The topological polar surface area (TPSA) is 38.5 Å². The molecule has 0 aliphatic carbocycles. The summed E-state index contributed by atoms with van der Waals surface area (Å²) >= 11 is 6.28. The minimum absolute atomic E-state index is 0.0966. The van der Waals surface area contributed by atoms with E-state index in [9.17, 15) is 0 Å². The zero-order valence-electron chi connectivity index (χ0n) is 11.1. The highest BCUT2D eigenvalue weighted by Gasteiger charge is 2.27. The molecule has 3 nitrogen and oxygen atoms in total. The zero-order chi connectivity index (χ0) is 13.2. The fourth-order valence-corrected chi connectivity index (χ4v) is 2.60. The second-order valence-corrected chi connectivity index (χ2v) is 5.75. The minimum Gasteiger partial charge on any atom is -0.372 e. The fraction of sp³-hybridized carbons (Fsp3) is 0.571. The molecular formula is C14H21ClN2O. The molecule has 18 heavy (non-hydrogen) atoms. The van der Waals surface area contributed by atoms with Gasteiger partial charge in [0.05, 0.1) is 12.2 Å². The van der Waals surface area contributed by atoms with Crippen LogP contribution >= 0.6 is 11.6 Å². The van der Waals surface area contributed by atoms with Crippen molar-refractivity contribution in [3.8, 4) is 0 Å². The summed E-state index contributed by atoms with van der Waals surface area (Å²) in [5, 5.41) is 0.808. The van der Waals surface area contributed by atoms with E-state index < -0.39 is 0 Å². The minimum atomic E-state index is -0.0966. The van der Waals surface area contributed by atoms with E-state index in [0.29, 0.717) is 6.54 Å². The maximum Gasteiger partial charge on any atom is 0.0801 e. The van der Waals surface area contributed by atoms with E-state index in [1.165, 1.54) is 0 Å². The van der Waals surface area contributed by atoms with Crippen molar-refractivity contribution in [2.24, 2.45) is 5.73 Å². The van der Waals surface area contributed by atoms with E-state index >= 15 is 0 Å². The van der Waals surface area contributed by atoms with Crippen LogP contribution < -0.4 is 10.6 Å². The highest BCUT2D eigenvalue weighted by Crippen LogP contribution is 2.27. The Bertz CT molecular complexity index is 420. The van der Waals surface area contributed by atoms with Crippen LogP contribution in [-0.4, -0.2) is 31.8 Å². The van der Waals surface area contributed by atoms with Crippen LogP contribution in [0, 0.1) is 0 Å². The van der Waals surface area contributed by atoms with Gasteiger partial charge < -0.3 is 15.4 Å². The number of anilines is 1. The number of benzene rings is 1. The molecule has 0 amide bonds. The van der Waals surface area contributed by atoms with Gasteiger partial charge in [0, 0.05) is 23.8 Å². The monoisotopic (exact) mass is 268 g/mol. The summed E-state index contributed by atoms with van der Waals surface area (Å²) in [6.45, 7) is 7.42. The molecule has 1 aromatic rings. The number of hydrogen-bond donors (Lipinski definition) is 1. The maximum absolute atomic E-state index is 6.28. The molecule has 0 atom stereocenters. The molecule has 1 aromatic carbocycles. The van der Waals surface area contributed by atoms with E-state index in [0.717, 1.165) is 42.4 Å². The Hall–Kier alpha value is -0.770. The van der Waals surface area contributed by atoms with Gasteiger partial charge in [-0.1, -0.05) is 17.7 Å². The molecule has 100 valence electrons. The van der Waals surface area contributed by atoms with Crippen molar-refractivity contribution in [2.45, 2.75) is 25.9 Å². The first kappa shape index (κ1) is 13.7. The molecule has 1 saturated heterocycles. The molecule has 2 rings (SSSR count). The SMILES string of the molecule is CC1(C)CN(c2ccc(CCN)c(Cl)c2)CCO1. The summed E-state index contributed by atoms with van der Waals surface area (Å²) in [6.07, 6.45) is 0.827. The van der Waals surface area contributed by atoms with Gasteiger partial charge in [-0.25, -0.2) is 0 Å². The van der Waals surface area contributed by atoms with Gasteiger partial charge in [-0.05, 0) is 44.5 Å². The zero-order valence-corrected chi connectivity index (χ0v) is 11.8. The number of hydrogen-bond acceptors (Lipinski definition) is 3. The fourth-order valence-electron chi connectivity index (χ4n) is 2.33. The van der Waals surface area contributed by atoms with Crippen LogP contribution in [0.4, 0.5) is 5.69 Å². The third-order valence-corrected chi connectivity index (χ3v) is 3.59. The van der Waals surface area contributed by atoms with E-state index in [2.05, 4.69) is 30.9 Å². The van der Waals surface area contributed by atoms with Crippen LogP contribution in [0.15, 0.2) is 18.2 Å². The third kappa shape index (κ3) is 3.16. The van der Waals surface area contributed by atoms with Crippen LogP contribution in [0.1, 0.15) is 19.4 Å². The number of nitrogens with zero attached hydrogens (tertiary/aromatic N) is 1. The van der Waals surface area contributed by atoms with E-state index in [4.69, 9.17) is 22.1 Å². The molecule has 0 saturated carbocycles. The Balaban J connectivity index is 2.16. The predicted octanol–water partition coefficient (Wildman–Crippen LogP) is 2.46. The average molecular weight is 269 g/mol. The Labute approximate surface area is 114 Å². The Morgan fingerprint density at radius 1 is 1.44 bits per heavy atom. The number of ether oxygens (including phenoxy) is 1. The van der Waals surface area contributed by atoms with Gasteiger partial charge in [-0.15, -0.1) is 0 Å². The van der Waals surface area contributed by atoms with Crippen molar-refractivity contribution in [3.05, 3.63) is 28.8 Å². The normalized spacial score (nSPS) is 19.0. The van der Waals surface area contributed by atoms with Gasteiger partial charge in [0.15, 0.2) is 0 Å². The lowest BCUT2D eigenvalue weighted by molar-refractivity contribution is -0.0276. The van der Waals surface area contributed by atoms with Crippen LogP contribution in [0.2, 0.25) is 5.02 Å². The van der Waals surface area contributed by atoms with Gasteiger partial charge in [0.1, 0.15) is 0 Å². The van der Waals surface area contributed by atoms with Crippen LogP contribution in [-0.2, 0) is 11.2 Å². The number of halogens is 1. The molecule has 1 fully saturated rings. The Morgan fingerprint density at radius 2 is 2.22 bits per heavy atom. The van der Waals surface area contributed by atoms with Crippen molar-refractivity contribution < 1.29 is 4.74 Å². The summed E-state index contributed by atoms with van der Waals surface area (Å²) in [5.41, 5.74) is 7.75. The lowest BCUT2D eigenvalue weighted by atomic mass is 10.1. The van der Waals surface area contributed by atoms with Crippen LogP contribution in [0.3, 0.4) is 0 Å². The summed E-state index contributed by atoms with van der Waals surface area (Å²) in [4.78, 5) is 2.32. The number of nitrogens with two attached hydrogens (primary N) is 1. The standard InChI is InChI=1S/C14H21ClN2O/c1-14(2)10-17(7-8-18-14)12-4-3-11(5-6-16)13(15)9-12/h3-4,9H,5-8,10,16H2,1-2H3. The van der Waals surface area contributed by atoms with Crippen LogP contribution in [0.25, 0.3) is 0 Å². The lowest BCUT2D eigenvalue weighted by Gasteiger charge is -2.39. The third-order valence-electron chi connectivity index (χ3n) is 3.24. The molecule has 0 unspecified atom stereocenters. The molecule has 0 aromatic heterocycles. The maximum atomic E-state index is 6.28. The lowest BCUT2D eigenvalue weighted by Crippen LogP contribution is -2.48. The summed E-state index contributed by atoms with van der Waals surface area (Å²) in [6, 6.07) is 6.24. The second kappa shape index (κ2) is 5.47. The summed E-state index contributed by atoms with van der Waals surface area (Å²) < 4.78 is 5.72. The van der Waals surface area contributed by atoms with Gasteiger partial charge in [-0.2, -0.15) is 0 Å². The smallest absolute Gasteiger partial charge is 0.0801 e. The molecule has 1 aliphatic rings. The molecule has 0 bridgehead atoms. The summed E-state index contributed by atoms with van der Waals surface area (Å²) in [5.74, 6) is 0. The van der Waals surface area contributed by atoms with Gasteiger partial charge >= 0.3 is 0 Å². The van der Waals surface area contributed by atoms with E-state index in [1.807, 2.05) is 6.07 Å². The predicted molar refractivity (Wildman–Crippen MR) is 76.5 cm³/mol. The second-order valence-electron chi connectivity index (χ2n) is 5.34. The van der Waals surface area contributed by atoms with Crippen molar-refractivity contribution >= 4 is 17.3 Å². The molecule has 0 radical (unpaired) electrons. The molecular weight excluding hydrogens is 248 g/mol. The molecule has 2 N–H and O–H groups in total. The highest BCUT2D eigenvalue weighted by atomic mass is 35.5. The van der Waals surface area contributed by atoms with E-state index in [-0.39, 0.29) is 5.60 Å². The molecule has 1 aliphatic heterocycles. The molecule has 1 heterocycles. The number of morpholine rings is 1. The van der Waals surface area contributed by atoms with Gasteiger partial charge in [0.25, 0.3) is 0 Å². The highest BCUT2D eigenvalue weighted by molar-refractivity contribution is 6.31. The van der Waals surface area contributed by atoms with Crippen molar-refractivity contribution in [1.82, 2.24) is 0 Å². The summed E-state index contributed by atoms with van der Waals surface area (Å²) in [7, 11) is 0. The first-order valence-electron chi connectivity index (χ1n) is 6.39. The molecule has 0 spiro atoms. The first-order chi connectivity index (χ1) is 8.52. The largest absolute Gasteiger partial charge is 0.372 e.